The van der Waals surface area contributed by atoms with E-state index in [9.17, 15) is 9.18 Å². The van der Waals surface area contributed by atoms with Gasteiger partial charge in [0.15, 0.2) is 11.0 Å². The van der Waals surface area contributed by atoms with Gasteiger partial charge in [0.1, 0.15) is 18.2 Å². The molecule has 0 saturated heterocycles. The summed E-state index contributed by atoms with van der Waals surface area (Å²) in [4.78, 5) is 16.3. The Bertz CT molecular complexity index is 1060. The van der Waals surface area contributed by atoms with Crippen LogP contribution in [0.1, 0.15) is 18.8 Å². The largest absolute Gasteiger partial charge is 0.492 e. The summed E-state index contributed by atoms with van der Waals surface area (Å²) in [5, 5.41) is 9.87. The van der Waals surface area contributed by atoms with E-state index in [1.54, 1.807) is 48.3 Å². The minimum atomic E-state index is -0.319. The van der Waals surface area contributed by atoms with Gasteiger partial charge in [0.25, 0.3) is 0 Å². The van der Waals surface area contributed by atoms with Gasteiger partial charge in [0, 0.05) is 17.8 Å². The van der Waals surface area contributed by atoms with Crippen LogP contribution in [0, 0.1) is 5.82 Å². The highest BCUT2D eigenvalue weighted by molar-refractivity contribution is 7.99. The molecule has 2 aromatic carbocycles. The molecular weight excluding hydrogens is 465 g/mol. The van der Waals surface area contributed by atoms with Crippen LogP contribution in [0.2, 0.25) is 5.02 Å². The van der Waals surface area contributed by atoms with Crippen molar-refractivity contribution in [2.75, 3.05) is 40.0 Å². The Labute approximate surface area is 202 Å². The van der Waals surface area contributed by atoms with Gasteiger partial charge in [-0.3, -0.25) is 14.3 Å². The maximum absolute atomic E-state index is 13.5. The van der Waals surface area contributed by atoms with E-state index in [-0.39, 0.29) is 23.5 Å². The van der Waals surface area contributed by atoms with Gasteiger partial charge in [-0.15, -0.1) is 10.2 Å². The molecule has 0 spiro atoms. The van der Waals surface area contributed by atoms with Crippen LogP contribution < -0.4 is 4.74 Å². The topological polar surface area (TPSA) is 63.5 Å². The molecule has 176 valence electrons. The zero-order valence-electron chi connectivity index (χ0n) is 19.0. The summed E-state index contributed by atoms with van der Waals surface area (Å²) in [7, 11) is 5.63. The monoisotopic (exact) mass is 491 g/mol. The van der Waals surface area contributed by atoms with E-state index in [4.69, 9.17) is 16.3 Å². The number of hydrogen-bond acceptors (Lipinski definition) is 6. The minimum absolute atomic E-state index is 0.0275. The van der Waals surface area contributed by atoms with Gasteiger partial charge in [-0.05, 0) is 69.6 Å². The second-order valence-electron chi connectivity index (χ2n) is 7.70. The highest BCUT2D eigenvalue weighted by atomic mass is 35.5. The van der Waals surface area contributed by atoms with Gasteiger partial charge in [-0.25, -0.2) is 4.39 Å². The Kier molecular flexibility index (Phi) is 8.71. The van der Waals surface area contributed by atoms with Crippen LogP contribution in [0.4, 0.5) is 4.39 Å². The van der Waals surface area contributed by atoms with Gasteiger partial charge >= 0.3 is 0 Å². The molecule has 1 atom stereocenters. The molecule has 0 saturated carbocycles. The molecule has 10 heteroatoms. The Balaban J connectivity index is 1.64. The first-order valence-electron chi connectivity index (χ1n) is 10.4. The molecule has 3 aromatic rings. The minimum Gasteiger partial charge on any atom is -0.492 e. The molecular formula is C23H27ClFN5O2S. The third-order valence-corrected chi connectivity index (χ3v) is 6.32. The average Bonchev–Trinajstić information content (AvgIpc) is 3.22. The maximum atomic E-state index is 13.5. The highest BCUT2D eigenvalue weighted by Gasteiger charge is 2.22. The van der Waals surface area contributed by atoms with E-state index >= 15 is 0 Å². The lowest BCUT2D eigenvalue weighted by Gasteiger charge is -2.21. The molecule has 0 aliphatic carbocycles. The number of carbonyl (C=O) groups is 1. The Morgan fingerprint density at radius 1 is 1.12 bits per heavy atom. The van der Waals surface area contributed by atoms with Crippen molar-refractivity contribution >= 4 is 29.3 Å². The van der Waals surface area contributed by atoms with Crippen molar-refractivity contribution in [3.63, 3.8) is 0 Å². The number of nitrogens with zero attached hydrogens (tertiary/aromatic N) is 5. The second-order valence-corrected chi connectivity index (χ2v) is 9.08. The Hall–Kier alpha value is -2.62. The fraction of sp³-hybridized carbons (Fsp3) is 0.348. The van der Waals surface area contributed by atoms with Crippen LogP contribution in [0.3, 0.4) is 0 Å². The number of likely N-dealkylation sites (N-methyl/N-ethyl adjacent to an activating group) is 1. The van der Waals surface area contributed by atoms with Gasteiger partial charge in [0.2, 0.25) is 5.91 Å². The van der Waals surface area contributed by atoms with Crippen LogP contribution in [-0.2, 0) is 4.79 Å². The van der Waals surface area contributed by atoms with Crippen LogP contribution in [0.25, 0.3) is 5.69 Å². The summed E-state index contributed by atoms with van der Waals surface area (Å²) in [6.45, 7) is 2.82. The van der Waals surface area contributed by atoms with Crippen molar-refractivity contribution in [3.05, 3.63) is 65.2 Å². The number of hydrogen-bond donors (Lipinski definition) is 0. The third-order valence-electron chi connectivity index (χ3n) is 5.15. The second kappa shape index (κ2) is 11.5. The summed E-state index contributed by atoms with van der Waals surface area (Å²) in [6, 6.07) is 13.2. The first-order chi connectivity index (χ1) is 15.8. The zero-order valence-corrected chi connectivity index (χ0v) is 20.6. The lowest BCUT2D eigenvalue weighted by Crippen LogP contribution is -2.32. The number of thioether (sulfide) groups is 1. The molecule has 1 aromatic heterocycles. The van der Waals surface area contributed by atoms with Crippen molar-refractivity contribution in [1.29, 1.82) is 0 Å². The van der Waals surface area contributed by atoms with Crippen molar-refractivity contribution in [2.24, 2.45) is 0 Å². The fourth-order valence-electron chi connectivity index (χ4n) is 2.90. The van der Waals surface area contributed by atoms with Gasteiger partial charge in [-0.2, -0.15) is 0 Å². The number of halogens is 2. The molecule has 33 heavy (non-hydrogen) atoms. The molecule has 0 unspecified atom stereocenters. The molecule has 1 amide bonds. The van der Waals surface area contributed by atoms with Crippen molar-refractivity contribution in [3.8, 4) is 11.4 Å². The van der Waals surface area contributed by atoms with E-state index in [0.29, 0.717) is 34.9 Å². The van der Waals surface area contributed by atoms with E-state index in [2.05, 4.69) is 10.2 Å². The van der Waals surface area contributed by atoms with E-state index < -0.39 is 0 Å². The van der Waals surface area contributed by atoms with Crippen molar-refractivity contribution < 1.29 is 13.9 Å². The summed E-state index contributed by atoms with van der Waals surface area (Å²) >= 11 is 7.17. The predicted octanol–water partition coefficient (Wildman–Crippen LogP) is 4.31. The number of carbonyl (C=O) groups excluding carboxylic acids is 1. The number of benzene rings is 2. The highest BCUT2D eigenvalue weighted by Crippen LogP contribution is 2.27. The van der Waals surface area contributed by atoms with E-state index in [0.717, 1.165) is 5.69 Å². The van der Waals surface area contributed by atoms with Crippen LogP contribution in [0.15, 0.2) is 53.7 Å². The first-order valence-corrected chi connectivity index (χ1v) is 11.8. The standard InChI is InChI=1S/C23H27ClFN5O2S/c1-16(28(2)3)22-26-27-23(30(22)19-9-7-18(25)8-10-19)33-15-21(31)29(4)13-14-32-20-11-5-17(24)6-12-20/h5-12,16H,13-15H2,1-4H3/t16-/m0/s1. The molecule has 0 N–H and O–H groups in total. The normalized spacial score (nSPS) is 12.1. The van der Waals surface area contributed by atoms with Gasteiger partial charge in [0.05, 0.1) is 18.3 Å². The molecule has 0 aliphatic rings. The lowest BCUT2D eigenvalue weighted by molar-refractivity contribution is -0.127. The molecule has 0 aliphatic heterocycles. The molecule has 7 nitrogen and oxygen atoms in total. The first kappa shape index (κ1) is 25.0. The van der Waals surface area contributed by atoms with E-state index in [1.165, 1.54) is 23.9 Å². The van der Waals surface area contributed by atoms with Crippen molar-refractivity contribution in [2.45, 2.75) is 18.1 Å². The van der Waals surface area contributed by atoms with Crippen LogP contribution in [0.5, 0.6) is 5.75 Å². The summed E-state index contributed by atoms with van der Waals surface area (Å²) in [6.07, 6.45) is 0. The molecule has 3 rings (SSSR count). The SMILES string of the molecule is C[C@@H](c1nnc(SCC(=O)N(C)CCOc2ccc(Cl)cc2)n1-c1ccc(F)cc1)N(C)C. The van der Waals surface area contributed by atoms with Crippen molar-refractivity contribution in [1.82, 2.24) is 24.6 Å². The Morgan fingerprint density at radius 3 is 2.42 bits per heavy atom. The van der Waals surface area contributed by atoms with Crippen LogP contribution in [-0.4, -0.2) is 70.5 Å². The molecule has 1 heterocycles. The Morgan fingerprint density at radius 2 is 1.79 bits per heavy atom. The molecule has 0 fully saturated rings. The third kappa shape index (κ3) is 6.69. The number of ether oxygens (including phenoxy) is 1. The summed E-state index contributed by atoms with van der Waals surface area (Å²) < 4.78 is 21.0. The molecule has 0 bridgehead atoms. The van der Waals surface area contributed by atoms with Gasteiger partial charge in [-0.1, -0.05) is 23.4 Å². The molecule has 0 radical (unpaired) electrons. The van der Waals surface area contributed by atoms with Gasteiger partial charge < -0.3 is 9.64 Å². The van der Waals surface area contributed by atoms with Crippen LogP contribution >= 0.6 is 23.4 Å². The average molecular weight is 492 g/mol. The summed E-state index contributed by atoms with van der Waals surface area (Å²) in [5.74, 6) is 1.22. The quantitative estimate of drug-likeness (QED) is 0.394. The fourth-order valence-corrected chi connectivity index (χ4v) is 3.93. The predicted molar refractivity (Wildman–Crippen MR) is 129 cm³/mol. The smallest absolute Gasteiger partial charge is 0.232 e. The zero-order chi connectivity index (χ0) is 24.0. The number of aromatic nitrogens is 3. The number of amides is 1. The number of rotatable bonds is 10. The lowest BCUT2D eigenvalue weighted by atomic mass is 10.2. The maximum Gasteiger partial charge on any atom is 0.232 e. The van der Waals surface area contributed by atoms with E-state index in [1.807, 2.05) is 30.5 Å². The summed E-state index contributed by atoms with van der Waals surface area (Å²) in [5.41, 5.74) is 0.741.